The van der Waals surface area contributed by atoms with Crippen molar-refractivity contribution in [2.75, 3.05) is 19.7 Å². The van der Waals surface area contributed by atoms with E-state index >= 15 is 0 Å². The number of hydrogen-bond donors (Lipinski definition) is 0. The molecule has 0 bridgehead atoms. The molecule has 1 saturated heterocycles. The third-order valence-electron chi connectivity index (χ3n) is 6.30. The second-order valence-corrected chi connectivity index (χ2v) is 10.1. The highest BCUT2D eigenvalue weighted by molar-refractivity contribution is 5.82. The quantitative estimate of drug-likeness (QED) is 0.360. The summed E-state index contributed by atoms with van der Waals surface area (Å²) in [5.41, 5.74) is 1.76. The summed E-state index contributed by atoms with van der Waals surface area (Å²) in [7, 11) is 0. The van der Waals surface area contributed by atoms with Crippen LogP contribution in [0.25, 0.3) is 10.8 Å². The summed E-state index contributed by atoms with van der Waals surface area (Å²) in [5, 5.41) is 4.17. The molecular formula is C30H35NO4. The summed E-state index contributed by atoms with van der Waals surface area (Å²) in [5.74, 6) is 0.778. The third kappa shape index (κ3) is 6.50. The number of hydroxylamine groups is 2. The molecule has 184 valence electrons. The highest BCUT2D eigenvalue weighted by atomic mass is 16.7. The van der Waals surface area contributed by atoms with Gasteiger partial charge in [-0.25, -0.2) is 4.79 Å². The van der Waals surface area contributed by atoms with E-state index in [1.807, 2.05) is 45.0 Å². The van der Waals surface area contributed by atoms with E-state index in [-0.39, 0.29) is 18.0 Å². The topological polar surface area (TPSA) is 48.0 Å². The first-order valence-corrected chi connectivity index (χ1v) is 12.2. The van der Waals surface area contributed by atoms with E-state index in [0.717, 1.165) is 17.7 Å². The van der Waals surface area contributed by atoms with Crippen LogP contribution in [-0.2, 0) is 21.0 Å². The first kappa shape index (κ1) is 25.0. The molecule has 2 atom stereocenters. The van der Waals surface area contributed by atoms with Gasteiger partial charge in [0.15, 0.2) is 0 Å². The Labute approximate surface area is 208 Å². The standard InChI is InChI=1S/C30H35NO4/c1-5-18-33-26-14-12-24(13-15-26)27-16-17-31(35-29(32)30(2,3)4)20-28(27)34-21-22-10-11-23-8-6-7-9-25(23)19-22/h5-15,19,27-28H,1,16-18,20-21H2,2-4H3. The van der Waals surface area contributed by atoms with Gasteiger partial charge in [-0.15, -0.1) is 5.06 Å². The van der Waals surface area contributed by atoms with Crippen LogP contribution in [0.2, 0.25) is 0 Å². The lowest BCUT2D eigenvalue weighted by molar-refractivity contribution is -0.216. The van der Waals surface area contributed by atoms with E-state index in [2.05, 4.69) is 49.0 Å². The Bertz CT molecular complexity index is 1150. The van der Waals surface area contributed by atoms with Crippen molar-refractivity contribution in [3.8, 4) is 5.75 Å². The van der Waals surface area contributed by atoms with Crippen LogP contribution in [0.3, 0.4) is 0 Å². The maximum atomic E-state index is 12.5. The fourth-order valence-corrected chi connectivity index (χ4v) is 4.27. The Morgan fingerprint density at radius 1 is 1.06 bits per heavy atom. The fraction of sp³-hybridized carbons (Fsp3) is 0.367. The smallest absolute Gasteiger partial charge is 0.330 e. The van der Waals surface area contributed by atoms with E-state index in [4.69, 9.17) is 14.3 Å². The number of benzene rings is 3. The van der Waals surface area contributed by atoms with Crippen LogP contribution < -0.4 is 4.74 Å². The van der Waals surface area contributed by atoms with Crippen molar-refractivity contribution in [3.05, 3.63) is 90.5 Å². The van der Waals surface area contributed by atoms with Crippen molar-refractivity contribution in [2.45, 2.75) is 45.8 Å². The largest absolute Gasteiger partial charge is 0.490 e. The van der Waals surface area contributed by atoms with Crippen LogP contribution in [0, 0.1) is 5.41 Å². The predicted molar refractivity (Wildman–Crippen MR) is 139 cm³/mol. The van der Waals surface area contributed by atoms with Crippen LogP contribution >= 0.6 is 0 Å². The zero-order valence-corrected chi connectivity index (χ0v) is 20.9. The third-order valence-corrected chi connectivity index (χ3v) is 6.30. The molecule has 1 aliphatic heterocycles. The van der Waals surface area contributed by atoms with Gasteiger partial charge in [-0.3, -0.25) is 0 Å². The van der Waals surface area contributed by atoms with Crippen LogP contribution in [0.4, 0.5) is 0 Å². The molecule has 5 heteroatoms. The van der Waals surface area contributed by atoms with E-state index in [1.165, 1.54) is 16.3 Å². The van der Waals surface area contributed by atoms with Crippen molar-refractivity contribution in [2.24, 2.45) is 5.41 Å². The Balaban J connectivity index is 1.50. The Morgan fingerprint density at radius 2 is 1.80 bits per heavy atom. The average Bonchev–Trinajstić information content (AvgIpc) is 2.86. The lowest BCUT2D eigenvalue weighted by Crippen LogP contribution is -2.46. The van der Waals surface area contributed by atoms with Gasteiger partial charge >= 0.3 is 5.97 Å². The van der Waals surface area contributed by atoms with Crippen molar-refractivity contribution < 1.29 is 19.1 Å². The van der Waals surface area contributed by atoms with Crippen molar-refractivity contribution in [1.29, 1.82) is 0 Å². The molecule has 0 aromatic heterocycles. The summed E-state index contributed by atoms with van der Waals surface area (Å²) in [4.78, 5) is 18.2. The lowest BCUT2D eigenvalue weighted by atomic mass is 9.87. The number of fused-ring (bicyclic) bond motifs is 1. The molecule has 0 amide bonds. The summed E-state index contributed by atoms with van der Waals surface area (Å²) >= 11 is 0. The van der Waals surface area contributed by atoms with Gasteiger partial charge in [0.2, 0.25) is 0 Å². The molecule has 35 heavy (non-hydrogen) atoms. The predicted octanol–water partition coefficient (Wildman–Crippen LogP) is 6.28. The molecule has 0 N–H and O–H groups in total. The van der Waals surface area contributed by atoms with Crippen molar-refractivity contribution in [3.63, 3.8) is 0 Å². The Morgan fingerprint density at radius 3 is 2.51 bits per heavy atom. The van der Waals surface area contributed by atoms with Crippen LogP contribution in [0.1, 0.15) is 44.2 Å². The molecule has 0 spiro atoms. The van der Waals surface area contributed by atoms with Gasteiger partial charge in [0.1, 0.15) is 12.4 Å². The van der Waals surface area contributed by atoms with Crippen molar-refractivity contribution >= 4 is 16.7 Å². The van der Waals surface area contributed by atoms with E-state index in [9.17, 15) is 4.79 Å². The summed E-state index contributed by atoms with van der Waals surface area (Å²) in [6.07, 6.45) is 2.44. The van der Waals surface area contributed by atoms with E-state index < -0.39 is 5.41 Å². The highest BCUT2D eigenvalue weighted by Gasteiger charge is 2.35. The normalized spacial score (nSPS) is 18.8. The molecule has 1 aliphatic rings. The van der Waals surface area contributed by atoms with Gasteiger partial charge in [0.25, 0.3) is 0 Å². The average molecular weight is 474 g/mol. The highest BCUT2D eigenvalue weighted by Crippen LogP contribution is 2.33. The fourth-order valence-electron chi connectivity index (χ4n) is 4.27. The number of piperidine rings is 1. The summed E-state index contributed by atoms with van der Waals surface area (Å²) in [6.45, 7) is 11.5. The molecule has 2 unspecified atom stereocenters. The van der Waals surface area contributed by atoms with Gasteiger partial charge in [0.05, 0.1) is 24.7 Å². The molecule has 5 nitrogen and oxygen atoms in total. The minimum absolute atomic E-state index is 0.122. The van der Waals surface area contributed by atoms with Gasteiger partial charge < -0.3 is 14.3 Å². The monoisotopic (exact) mass is 473 g/mol. The number of hydrogen-bond acceptors (Lipinski definition) is 5. The van der Waals surface area contributed by atoms with Crippen LogP contribution in [-0.4, -0.2) is 36.8 Å². The second kappa shape index (κ2) is 11.1. The molecule has 0 aliphatic carbocycles. The minimum atomic E-state index is -0.556. The number of carbonyl (C=O) groups excluding carboxylic acids is 1. The molecule has 3 aromatic carbocycles. The first-order valence-electron chi connectivity index (χ1n) is 12.2. The van der Waals surface area contributed by atoms with Gasteiger partial charge in [-0.2, -0.15) is 0 Å². The molecular weight excluding hydrogens is 438 g/mol. The van der Waals surface area contributed by atoms with Crippen LogP contribution in [0.15, 0.2) is 79.4 Å². The SMILES string of the molecule is C=CCOc1ccc(C2CCN(OC(=O)C(C)(C)C)CC2OCc2ccc3ccccc3c2)cc1. The number of carbonyl (C=O) groups is 1. The zero-order valence-electron chi connectivity index (χ0n) is 20.9. The van der Waals surface area contributed by atoms with Gasteiger partial charge in [-0.05, 0) is 67.3 Å². The summed E-state index contributed by atoms with van der Waals surface area (Å²) < 4.78 is 12.1. The van der Waals surface area contributed by atoms with Gasteiger partial charge in [-0.1, -0.05) is 61.2 Å². The maximum absolute atomic E-state index is 12.5. The lowest BCUT2D eigenvalue weighted by Gasteiger charge is -2.38. The molecule has 0 saturated carbocycles. The molecule has 0 radical (unpaired) electrons. The molecule has 4 rings (SSSR count). The maximum Gasteiger partial charge on any atom is 0.330 e. The zero-order chi connectivity index (χ0) is 24.8. The first-order chi connectivity index (χ1) is 16.8. The number of rotatable bonds is 8. The second-order valence-electron chi connectivity index (χ2n) is 10.1. The Kier molecular flexibility index (Phi) is 7.89. The molecule has 3 aromatic rings. The van der Waals surface area contributed by atoms with Crippen LogP contribution in [0.5, 0.6) is 5.75 Å². The minimum Gasteiger partial charge on any atom is -0.490 e. The van der Waals surface area contributed by atoms with Crippen molar-refractivity contribution in [1.82, 2.24) is 5.06 Å². The molecule has 1 heterocycles. The number of nitrogens with zero attached hydrogens (tertiary/aromatic N) is 1. The van der Waals surface area contributed by atoms with E-state index in [0.29, 0.717) is 26.3 Å². The van der Waals surface area contributed by atoms with E-state index in [1.54, 1.807) is 11.1 Å². The molecule has 1 fully saturated rings. The van der Waals surface area contributed by atoms with Gasteiger partial charge in [0, 0.05) is 12.5 Å². The summed E-state index contributed by atoms with van der Waals surface area (Å²) in [6, 6.07) is 22.9. The number of ether oxygens (including phenoxy) is 2. The Hall–Kier alpha value is -3.15.